The molecule has 1 saturated carbocycles. The normalized spacial score (nSPS) is 15.9. The predicted octanol–water partition coefficient (Wildman–Crippen LogP) is 4.49. The summed E-state index contributed by atoms with van der Waals surface area (Å²) in [6, 6.07) is 11.9. The van der Waals surface area contributed by atoms with Crippen LogP contribution in [0.4, 0.5) is 4.79 Å². The van der Waals surface area contributed by atoms with Gasteiger partial charge in [-0.15, -0.1) is 11.3 Å². The van der Waals surface area contributed by atoms with E-state index < -0.39 is 0 Å². The first-order chi connectivity index (χ1) is 11.8. The van der Waals surface area contributed by atoms with Crippen molar-refractivity contribution in [2.75, 3.05) is 7.11 Å². The first kappa shape index (κ1) is 16.8. The van der Waals surface area contributed by atoms with Crippen LogP contribution in [0.2, 0.25) is 0 Å². The minimum Gasteiger partial charge on any atom is -0.497 e. The number of hydrogen-bond donors (Lipinski definition) is 2. The molecule has 4 nitrogen and oxygen atoms in total. The summed E-state index contributed by atoms with van der Waals surface area (Å²) in [5, 5.41) is 8.23. The Balaban J connectivity index is 1.59. The number of amides is 2. The monoisotopic (exact) mass is 344 g/mol. The topological polar surface area (TPSA) is 50.4 Å². The van der Waals surface area contributed by atoms with E-state index in [-0.39, 0.29) is 12.1 Å². The highest BCUT2D eigenvalue weighted by Gasteiger charge is 2.28. The summed E-state index contributed by atoms with van der Waals surface area (Å²) in [7, 11) is 1.65. The van der Waals surface area contributed by atoms with E-state index in [1.54, 1.807) is 18.4 Å². The third-order valence-corrected chi connectivity index (χ3v) is 5.55. The molecule has 3 rings (SSSR count). The molecule has 0 bridgehead atoms. The van der Waals surface area contributed by atoms with Gasteiger partial charge in [0.2, 0.25) is 0 Å². The van der Waals surface area contributed by atoms with E-state index in [9.17, 15) is 4.79 Å². The van der Waals surface area contributed by atoms with Crippen LogP contribution < -0.4 is 15.4 Å². The lowest BCUT2D eigenvalue weighted by molar-refractivity contribution is 0.231. The summed E-state index contributed by atoms with van der Waals surface area (Å²) in [5.41, 5.74) is 1.03. The summed E-state index contributed by atoms with van der Waals surface area (Å²) >= 11 is 1.72. The van der Waals surface area contributed by atoms with Crippen molar-refractivity contribution in [2.45, 2.75) is 38.3 Å². The first-order valence-corrected chi connectivity index (χ1v) is 9.35. The number of methoxy groups -OCH3 is 1. The average molecular weight is 344 g/mol. The Morgan fingerprint density at radius 2 is 2.12 bits per heavy atom. The summed E-state index contributed by atoms with van der Waals surface area (Å²) in [6.07, 6.45) is 4.91. The fourth-order valence-corrected chi connectivity index (χ4v) is 4.21. The van der Waals surface area contributed by atoms with Gasteiger partial charge in [-0.05, 0) is 47.9 Å². The van der Waals surface area contributed by atoms with Crippen molar-refractivity contribution in [1.82, 2.24) is 10.6 Å². The van der Waals surface area contributed by atoms with E-state index in [4.69, 9.17) is 4.74 Å². The Bertz CT molecular complexity index is 651. The smallest absolute Gasteiger partial charge is 0.315 e. The van der Waals surface area contributed by atoms with Gasteiger partial charge in [0.25, 0.3) is 0 Å². The number of nitrogens with one attached hydrogen (secondary N) is 2. The van der Waals surface area contributed by atoms with Crippen LogP contribution in [0.25, 0.3) is 0 Å². The minimum absolute atomic E-state index is 0.108. The molecule has 0 radical (unpaired) electrons. The van der Waals surface area contributed by atoms with Crippen LogP contribution in [-0.2, 0) is 6.54 Å². The van der Waals surface area contributed by atoms with Gasteiger partial charge >= 0.3 is 6.03 Å². The molecule has 1 aliphatic carbocycles. The highest BCUT2D eigenvalue weighted by Crippen LogP contribution is 2.37. The standard InChI is InChI=1S/C19H24N2O2S/c1-23-16-9-4-6-14(12-16)13-20-19(22)21-18(15-7-2-3-8-15)17-10-5-11-24-17/h4-6,9-12,15,18H,2-3,7-8,13H2,1H3,(H2,20,21,22). The third-order valence-electron chi connectivity index (χ3n) is 4.59. The van der Waals surface area contributed by atoms with E-state index in [0.29, 0.717) is 12.5 Å². The predicted molar refractivity (Wildman–Crippen MR) is 97.4 cm³/mol. The molecule has 1 heterocycles. The summed E-state index contributed by atoms with van der Waals surface area (Å²) in [6.45, 7) is 0.491. The van der Waals surface area contributed by atoms with Crippen LogP contribution in [0.1, 0.15) is 42.2 Å². The molecular formula is C19H24N2O2S. The molecule has 0 spiro atoms. The van der Waals surface area contributed by atoms with Gasteiger partial charge in [0.1, 0.15) is 5.75 Å². The molecular weight excluding hydrogens is 320 g/mol. The molecule has 2 amide bonds. The molecule has 5 heteroatoms. The molecule has 1 aromatic carbocycles. The van der Waals surface area contributed by atoms with Crippen molar-refractivity contribution in [3.63, 3.8) is 0 Å². The lowest BCUT2D eigenvalue weighted by Gasteiger charge is -2.24. The molecule has 2 aromatic rings. The zero-order chi connectivity index (χ0) is 16.8. The van der Waals surface area contributed by atoms with Crippen LogP contribution in [-0.4, -0.2) is 13.1 Å². The van der Waals surface area contributed by atoms with E-state index in [2.05, 4.69) is 28.1 Å². The molecule has 1 atom stereocenters. The third kappa shape index (κ3) is 4.29. The molecule has 0 saturated heterocycles. The van der Waals surface area contributed by atoms with Gasteiger partial charge < -0.3 is 15.4 Å². The van der Waals surface area contributed by atoms with Crippen molar-refractivity contribution in [3.05, 3.63) is 52.2 Å². The summed E-state index contributed by atoms with van der Waals surface area (Å²) < 4.78 is 5.22. The Labute approximate surface area is 147 Å². The van der Waals surface area contributed by atoms with E-state index >= 15 is 0 Å². The molecule has 1 aliphatic rings. The molecule has 1 aromatic heterocycles. The Hall–Kier alpha value is -2.01. The van der Waals surface area contributed by atoms with Gasteiger partial charge in [-0.25, -0.2) is 4.79 Å². The number of carbonyl (C=O) groups is 1. The van der Waals surface area contributed by atoms with Gasteiger partial charge in [-0.2, -0.15) is 0 Å². The maximum atomic E-state index is 12.4. The second kappa shape index (κ2) is 8.20. The lowest BCUT2D eigenvalue weighted by atomic mass is 9.97. The van der Waals surface area contributed by atoms with Crippen molar-refractivity contribution in [3.8, 4) is 5.75 Å². The quantitative estimate of drug-likeness (QED) is 0.811. The Morgan fingerprint density at radius 1 is 1.29 bits per heavy atom. The Morgan fingerprint density at radius 3 is 2.83 bits per heavy atom. The van der Waals surface area contributed by atoms with Gasteiger partial charge in [0, 0.05) is 11.4 Å². The van der Waals surface area contributed by atoms with Gasteiger partial charge in [-0.3, -0.25) is 0 Å². The SMILES string of the molecule is COc1cccc(CNC(=O)NC(c2cccs2)C2CCCC2)c1. The molecule has 24 heavy (non-hydrogen) atoms. The highest BCUT2D eigenvalue weighted by molar-refractivity contribution is 7.10. The first-order valence-electron chi connectivity index (χ1n) is 8.47. The van der Waals surface area contributed by atoms with Crippen LogP contribution in [0.5, 0.6) is 5.75 Å². The van der Waals surface area contributed by atoms with Crippen molar-refractivity contribution in [1.29, 1.82) is 0 Å². The lowest BCUT2D eigenvalue weighted by Crippen LogP contribution is -2.39. The number of ether oxygens (including phenoxy) is 1. The molecule has 0 aliphatic heterocycles. The molecule has 2 N–H and O–H groups in total. The van der Waals surface area contributed by atoms with Crippen LogP contribution in [0.3, 0.4) is 0 Å². The zero-order valence-electron chi connectivity index (χ0n) is 14.0. The number of rotatable bonds is 6. The number of hydrogen-bond acceptors (Lipinski definition) is 3. The molecule has 1 fully saturated rings. The maximum absolute atomic E-state index is 12.4. The minimum atomic E-state index is -0.108. The van der Waals surface area contributed by atoms with Gasteiger partial charge in [0.05, 0.1) is 13.2 Å². The van der Waals surface area contributed by atoms with Crippen LogP contribution in [0.15, 0.2) is 41.8 Å². The van der Waals surface area contributed by atoms with Gasteiger partial charge in [0.15, 0.2) is 0 Å². The van der Waals surface area contributed by atoms with Crippen molar-refractivity contribution < 1.29 is 9.53 Å². The van der Waals surface area contributed by atoms with Crippen molar-refractivity contribution in [2.24, 2.45) is 5.92 Å². The molecule has 1 unspecified atom stereocenters. The fraction of sp³-hybridized carbons (Fsp3) is 0.421. The fourth-order valence-electron chi connectivity index (χ4n) is 3.34. The second-order valence-electron chi connectivity index (χ2n) is 6.22. The summed E-state index contributed by atoms with van der Waals surface area (Å²) in [4.78, 5) is 13.6. The highest BCUT2D eigenvalue weighted by atomic mass is 32.1. The van der Waals surface area contributed by atoms with Crippen LogP contribution in [0, 0.1) is 5.92 Å². The summed E-state index contributed by atoms with van der Waals surface area (Å²) in [5.74, 6) is 1.35. The number of thiophene rings is 1. The van der Waals surface area contributed by atoms with E-state index in [1.165, 1.54) is 30.6 Å². The van der Waals surface area contributed by atoms with Crippen molar-refractivity contribution >= 4 is 17.4 Å². The average Bonchev–Trinajstić information content (AvgIpc) is 3.31. The van der Waals surface area contributed by atoms with E-state index in [0.717, 1.165) is 11.3 Å². The largest absolute Gasteiger partial charge is 0.497 e. The van der Waals surface area contributed by atoms with Gasteiger partial charge in [-0.1, -0.05) is 31.0 Å². The maximum Gasteiger partial charge on any atom is 0.315 e. The van der Waals surface area contributed by atoms with E-state index in [1.807, 2.05) is 24.3 Å². The molecule has 128 valence electrons. The zero-order valence-corrected chi connectivity index (χ0v) is 14.8. The van der Waals surface area contributed by atoms with Crippen LogP contribution >= 0.6 is 11.3 Å². The Kier molecular flexibility index (Phi) is 5.75. The second-order valence-corrected chi connectivity index (χ2v) is 7.20. The number of carbonyl (C=O) groups excluding carboxylic acids is 1. The number of benzene rings is 1. The number of urea groups is 1.